The number of carbonyl (C=O) groups is 1. The Bertz CT molecular complexity index is 1000. The molecular formula is C17H9F6N3O2S. The van der Waals surface area contributed by atoms with Crippen LogP contribution in [0.4, 0.5) is 36.8 Å². The fourth-order valence-electron chi connectivity index (χ4n) is 2.38. The molecule has 1 heterocycles. The molecule has 0 saturated heterocycles. The topological polar surface area (TPSA) is 64.1 Å². The van der Waals surface area contributed by atoms with Gasteiger partial charge in [-0.05, 0) is 53.0 Å². The number of hydrogen-bond acceptors (Lipinski definition) is 5. The monoisotopic (exact) mass is 433 g/mol. The summed E-state index contributed by atoms with van der Waals surface area (Å²) in [5, 5.41) is 7.18. The highest BCUT2D eigenvalue weighted by molar-refractivity contribution is 7.03. The van der Waals surface area contributed by atoms with Crippen LogP contribution in [-0.4, -0.2) is 15.7 Å². The van der Waals surface area contributed by atoms with Crippen LogP contribution in [0.5, 0.6) is 5.88 Å². The van der Waals surface area contributed by atoms with Gasteiger partial charge in [-0.2, -0.15) is 26.3 Å². The highest BCUT2D eigenvalue weighted by atomic mass is 32.1. The Kier molecular flexibility index (Phi) is 5.46. The number of ether oxygens (including phenoxy) is 1. The SMILES string of the molecule is O=C(Nc1ccc(-c2cc(C(F)(F)F)ccc2C(F)(F)F)cc1)Oc1csnn1. The van der Waals surface area contributed by atoms with E-state index in [4.69, 9.17) is 4.74 Å². The average Bonchev–Trinajstić information content (AvgIpc) is 3.13. The first kappa shape index (κ1) is 20.6. The predicted molar refractivity (Wildman–Crippen MR) is 91.4 cm³/mol. The maximum atomic E-state index is 13.2. The van der Waals surface area contributed by atoms with Crippen LogP contribution in [0.25, 0.3) is 11.1 Å². The van der Waals surface area contributed by atoms with Gasteiger partial charge in [0, 0.05) is 5.69 Å². The lowest BCUT2D eigenvalue weighted by molar-refractivity contribution is -0.141. The van der Waals surface area contributed by atoms with E-state index in [2.05, 4.69) is 14.9 Å². The maximum Gasteiger partial charge on any atom is 0.418 e. The quantitative estimate of drug-likeness (QED) is 0.526. The molecule has 0 aliphatic rings. The van der Waals surface area contributed by atoms with Crippen molar-refractivity contribution in [3.63, 3.8) is 0 Å². The van der Waals surface area contributed by atoms with Gasteiger partial charge in [0.2, 0.25) is 0 Å². The molecule has 3 rings (SSSR count). The first-order chi connectivity index (χ1) is 13.5. The Balaban J connectivity index is 1.87. The lowest BCUT2D eigenvalue weighted by Crippen LogP contribution is -2.16. The molecule has 5 nitrogen and oxygen atoms in total. The number of amides is 1. The number of benzene rings is 2. The third kappa shape index (κ3) is 5.02. The van der Waals surface area contributed by atoms with Crippen molar-refractivity contribution in [2.75, 3.05) is 5.32 Å². The molecule has 0 fully saturated rings. The number of aromatic nitrogens is 2. The Morgan fingerprint density at radius 1 is 0.966 bits per heavy atom. The summed E-state index contributed by atoms with van der Waals surface area (Å²) >= 11 is 0.955. The van der Waals surface area contributed by atoms with Crippen molar-refractivity contribution in [2.45, 2.75) is 12.4 Å². The summed E-state index contributed by atoms with van der Waals surface area (Å²) in [4.78, 5) is 11.7. The van der Waals surface area contributed by atoms with Crippen LogP contribution in [0.15, 0.2) is 47.8 Å². The lowest BCUT2D eigenvalue weighted by Gasteiger charge is -2.16. The molecule has 3 aromatic rings. The standard InChI is InChI=1S/C17H9F6N3O2S/c18-16(19,20)10-3-6-13(17(21,22)23)12(7-10)9-1-4-11(5-2-9)24-15(27)28-14-8-29-26-25-14/h1-8H,(H,24,27). The highest BCUT2D eigenvalue weighted by Crippen LogP contribution is 2.40. The van der Waals surface area contributed by atoms with E-state index in [1.54, 1.807) is 0 Å². The van der Waals surface area contributed by atoms with Gasteiger partial charge in [-0.3, -0.25) is 5.32 Å². The van der Waals surface area contributed by atoms with Gasteiger partial charge in [-0.15, -0.1) is 0 Å². The minimum atomic E-state index is -4.85. The Hall–Kier alpha value is -3.15. The number of alkyl halides is 6. The molecule has 1 aromatic heterocycles. The summed E-state index contributed by atoms with van der Waals surface area (Å²) in [7, 11) is 0. The van der Waals surface area contributed by atoms with E-state index in [1.807, 2.05) is 0 Å². The largest absolute Gasteiger partial charge is 0.418 e. The Labute approximate surface area is 163 Å². The fraction of sp³-hybridized carbons (Fsp3) is 0.118. The molecule has 0 bridgehead atoms. The summed E-state index contributed by atoms with van der Waals surface area (Å²) in [6.45, 7) is 0. The Morgan fingerprint density at radius 2 is 1.66 bits per heavy atom. The second-order valence-corrected chi connectivity index (χ2v) is 6.20. The van der Waals surface area contributed by atoms with Crippen molar-refractivity contribution in [1.29, 1.82) is 0 Å². The van der Waals surface area contributed by atoms with Crippen molar-refractivity contribution in [3.8, 4) is 17.0 Å². The van der Waals surface area contributed by atoms with Crippen molar-refractivity contribution in [1.82, 2.24) is 9.59 Å². The van der Waals surface area contributed by atoms with Crippen molar-refractivity contribution in [3.05, 3.63) is 59.0 Å². The first-order valence-corrected chi connectivity index (χ1v) is 8.52. The zero-order valence-electron chi connectivity index (χ0n) is 14.0. The molecule has 0 spiro atoms. The third-order valence-electron chi connectivity index (χ3n) is 3.63. The summed E-state index contributed by atoms with van der Waals surface area (Å²) in [5.74, 6) is -0.0390. The average molecular weight is 433 g/mol. The molecule has 0 aliphatic heterocycles. The summed E-state index contributed by atoms with van der Waals surface area (Å²) < 4.78 is 86.8. The molecule has 12 heteroatoms. The number of rotatable bonds is 3. The van der Waals surface area contributed by atoms with Gasteiger partial charge in [0.15, 0.2) is 0 Å². The van der Waals surface area contributed by atoms with E-state index >= 15 is 0 Å². The zero-order chi connectivity index (χ0) is 21.2. The van der Waals surface area contributed by atoms with Gasteiger partial charge in [0.1, 0.15) is 0 Å². The fourth-order valence-corrected chi connectivity index (χ4v) is 2.74. The van der Waals surface area contributed by atoms with Crippen LogP contribution >= 0.6 is 11.5 Å². The van der Waals surface area contributed by atoms with Crippen molar-refractivity contribution < 1.29 is 35.9 Å². The van der Waals surface area contributed by atoms with Gasteiger partial charge >= 0.3 is 18.4 Å². The molecule has 1 amide bonds. The second kappa shape index (κ2) is 7.70. The number of nitrogens with one attached hydrogen (secondary N) is 1. The summed E-state index contributed by atoms with van der Waals surface area (Å²) in [5.41, 5.74) is -2.99. The van der Waals surface area contributed by atoms with Gasteiger partial charge in [0.25, 0.3) is 5.88 Å². The van der Waals surface area contributed by atoms with Crippen molar-refractivity contribution in [2.24, 2.45) is 0 Å². The minimum absolute atomic E-state index is 0.0390. The van der Waals surface area contributed by atoms with Crippen molar-refractivity contribution >= 4 is 23.3 Å². The number of hydrogen-bond donors (Lipinski definition) is 1. The molecule has 0 aliphatic carbocycles. The highest BCUT2D eigenvalue weighted by Gasteiger charge is 2.37. The van der Waals surface area contributed by atoms with E-state index in [0.29, 0.717) is 18.2 Å². The van der Waals surface area contributed by atoms with E-state index in [9.17, 15) is 31.1 Å². The van der Waals surface area contributed by atoms with Gasteiger partial charge in [-0.25, -0.2) is 4.79 Å². The van der Waals surface area contributed by atoms with E-state index in [1.165, 1.54) is 17.5 Å². The second-order valence-electron chi connectivity index (χ2n) is 5.59. The smallest absolute Gasteiger partial charge is 0.388 e. The van der Waals surface area contributed by atoms with Crippen LogP contribution in [-0.2, 0) is 12.4 Å². The molecule has 0 saturated carbocycles. The van der Waals surface area contributed by atoms with Crippen LogP contribution in [0.1, 0.15) is 11.1 Å². The Morgan fingerprint density at radius 3 is 2.21 bits per heavy atom. The molecule has 0 unspecified atom stereocenters. The van der Waals surface area contributed by atoms with Crippen LogP contribution in [0.3, 0.4) is 0 Å². The first-order valence-electron chi connectivity index (χ1n) is 7.69. The molecule has 1 N–H and O–H groups in total. The maximum absolute atomic E-state index is 13.2. The molecule has 29 heavy (non-hydrogen) atoms. The number of nitrogens with zero attached hydrogens (tertiary/aromatic N) is 2. The molecule has 0 atom stereocenters. The van der Waals surface area contributed by atoms with Crippen LogP contribution < -0.4 is 10.1 Å². The van der Waals surface area contributed by atoms with Crippen LogP contribution in [0.2, 0.25) is 0 Å². The molecular weight excluding hydrogens is 424 g/mol. The molecule has 0 radical (unpaired) electrons. The lowest BCUT2D eigenvalue weighted by atomic mass is 9.96. The minimum Gasteiger partial charge on any atom is -0.388 e. The van der Waals surface area contributed by atoms with E-state index in [-0.39, 0.29) is 17.1 Å². The van der Waals surface area contributed by atoms with Gasteiger partial charge in [0.05, 0.1) is 16.5 Å². The molecule has 2 aromatic carbocycles. The predicted octanol–water partition coefficient (Wildman–Crippen LogP) is 5.85. The summed E-state index contributed by atoms with van der Waals surface area (Å²) in [6, 6.07) is 5.99. The number of anilines is 1. The summed E-state index contributed by atoms with van der Waals surface area (Å²) in [6.07, 6.45) is -10.6. The van der Waals surface area contributed by atoms with E-state index in [0.717, 1.165) is 23.7 Å². The van der Waals surface area contributed by atoms with Crippen LogP contribution in [0, 0.1) is 0 Å². The number of halogens is 6. The van der Waals surface area contributed by atoms with Gasteiger partial charge in [-0.1, -0.05) is 21.7 Å². The normalized spacial score (nSPS) is 11.9. The van der Waals surface area contributed by atoms with E-state index < -0.39 is 35.1 Å². The molecule has 152 valence electrons. The number of carbonyl (C=O) groups excluding carboxylic acids is 1. The third-order valence-corrected chi connectivity index (χ3v) is 4.11. The van der Waals surface area contributed by atoms with Gasteiger partial charge < -0.3 is 4.74 Å². The zero-order valence-corrected chi connectivity index (χ0v) is 14.8.